The SMILES string of the molecule is c1ccc(-c2nc(-c3ccc(-c4ccc(-n5c6ccccc6c6ccccc65)cc4)cc3)nc(-c3ccc4c(c3)C(c3ccccc3)(c3ccccc3)c3ccccc3-4)n2)cc1. The highest BCUT2D eigenvalue weighted by molar-refractivity contribution is 6.09. The molecule has 0 saturated carbocycles. The van der Waals surface area contributed by atoms with Crippen molar-refractivity contribution in [3.63, 3.8) is 0 Å². The molecule has 0 radical (unpaired) electrons. The summed E-state index contributed by atoms with van der Waals surface area (Å²) in [6, 6.07) is 82.2. The van der Waals surface area contributed by atoms with E-state index < -0.39 is 5.41 Å². The topological polar surface area (TPSA) is 43.6 Å². The van der Waals surface area contributed by atoms with E-state index in [2.05, 4.69) is 217 Å². The van der Waals surface area contributed by atoms with E-state index in [4.69, 9.17) is 15.0 Å². The average molecular weight is 791 g/mol. The second kappa shape index (κ2) is 14.5. The number of aromatic nitrogens is 4. The first kappa shape index (κ1) is 35.7. The number of nitrogens with zero attached hydrogens (tertiary/aromatic N) is 4. The molecule has 0 N–H and O–H groups in total. The van der Waals surface area contributed by atoms with Crippen LogP contribution < -0.4 is 0 Å². The number of benzene rings is 9. The normalized spacial score (nSPS) is 12.6. The third-order valence-corrected chi connectivity index (χ3v) is 12.6. The predicted octanol–water partition coefficient (Wildman–Crippen LogP) is 14.0. The standard InChI is InChI=1S/C58H38N4/c1-4-16-41(17-5-1)55-59-56(42-30-28-39(29-31-42)40-32-35-46(36-33-40)62-53-26-14-11-23-49(53)50-24-12-15-27-54(50)62)61-57(60-55)43-34-37-48-47-22-10-13-25-51(47)58(52(48)38-43,44-18-6-2-7-19-44)45-20-8-3-9-21-45/h1-38H. The summed E-state index contributed by atoms with van der Waals surface area (Å²) in [7, 11) is 0. The highest BCUT2D eigenvalue weighted by Crippen LogP contribution is 2.56. The lowest BCUT2D eigenvalue weighted by molar-refractivity contribution is 0.768. The number of hydrogen-bond donors (Lipinski definition) is 0. The Bertz CT molecular complexity index is 3340. The Balaban J connectivity index is 0.954. The first-order valence-electron chi connectivity index (χ1n) is 21.1. The molecule has 0 spiro atoms. The van der Waals surface area contributed by atoms with Crippen LogP contribution in [-0.4, -0.2) is 19.5 Å². The van der Waals surface area contributed by atoms with Gasteiger partial charge in [0, 0.05) is 33.2 Å². The average Bonchev–Trinajstić information content (AvgIpc) is 3.85. The summed E-state index contributed by atoms with van der Waals surface area (Å²) in [5.41, 5.74) is 15.5. The van der Waals surface area contributed by atoms with Crippen LogP contribution in [0.25, 0.3) is 83.9 Å². The van der Waals surface area contributed by atoms with E-state index in [-0.39, 0.29) is 0 Å². The second-order valence-corrected chi connectivity index (χ2v) is 16.0. The Morgan fingerprint density at radius 3 is 1.32 bits per heavy atom. The van der Waals surface area contributed by atoms with E-state index >= 15 is 0 Å². The van der Waals surface area contributed by atoms with Crippen molar-refractivity contribution in [2.45, 2.75) is 5.41 Å². The van der Waals surface area contributed by atoms with Gasteiger partial charge in [-0.3, -0.25) is 0 Å². The molecule has 0 bridgehead atoms. The van der Waals surface area contributed by atoms with E-state index in [1.807, 2.05) is 18.2 Å². The van der Waals surface area contributed by atoms with Crippen molar-refractivity contribution in [2.24, 2.45) is 0 Å². The van der Waals surface area contributed by atoms with Crippen LogP contribution in [-0.2, 0) is 5.41 Å². The van der Waals surface area contributed by atoms with Crippen molar-refractivity contribution in [3.8, 4) is 62.1 Å². The Labute approximate surface area is 360 Å². The minimum Gasteiger partial charge on any atom is -0.309 e. The van der Waals surface area contributed by atoms with Crippen molar-refractivity contribution < 1.29 is 0 Å². The zero-order chi connectivity index (χ0) is 41.0. The summed E-state index contributed by atoms with van der Waals surface area (Å²) in [5, 5.41) is 2.52. The lowest BCUT2D eigenvalue weighted by Gasteiger charge is -2.34. The number of hydrogen-bond acceptors (Lipinski definition) is 3. The van der Waals surface area contributed by atoms with Crippen molar-refractivity contribution in [3.05, 3.63) is 253 Å². The largest absolute Gasteiger partial charge is 0.309 e. The zero-order valence-corrected chi connectivity index (χ0v) is 33.7. The smallest absolute Gasteiger partial charge is 0.164 e. The Hall–Kier alpha value is -8.21. The molecule has 11 aromatic rings. The van der Waals surface area contributed by atoms with Gasteiger partial charge in [0.05, 0.1) is 16.4 Å². The number of para-hydroxylation sites is 2. The molecule has 2 heterocycles. The third kappa shape index (κ3) is 5.65. The van der Waals surface area contributed by atoms with E-state index in [0.717, 1.165) is 33.5 Å². The molecule has 0 atom stereocenters. The quantitative estimate of drug-likeness (QED) is 0.161. The molecule has 2 aromatic heterocycles. The van der Waals surface area contributed by atoms with Crippen LogP contribution in [0, 0.1) is 0 Å². The fourth-order valence-corrected chi connectivity index (χ4v) is 9.75. The van der Waals surface area contributed by atoms with Gasteiger partial charge in [0.25, 0.3) is 0 Å². The summed E-state index contributed by atoms with van der Waals surface area (Å²) in [6.07, 6.45) is 0. The van der Waals surface area contributed by atoms with Gasteiger partial charge < -0.3 is 4.57 Å². The Kier molecular flexibility index (Phi) is 8.36. The van der Waals surface area contributed by atoms with Crippen LogP contribution in [0.2, 0.25) is 0 Å². The van der Waals surface area contributed by atoms with Crippen LogP contribution in [0.15, 0.2) is 231 Å². The third-order valence-electron chi connectivity index (χ3n) is 12.6. The zero-order valence-electron chi connectivity index (χ0n) is 33.7. The molecular weight excluding hydrogens is 753 g/mol. The van der Waals surface area contributed by atoms with Gasteiger partial charge in [-0.05, 0) is 74.8 Å². The molecule has 0 saturated heterocycles. The van der Waals surface area contributed by atoms with Gasteiger partial charge in [0.1, 0.15) is 0 Å². The molecule has 0 unspecified atom stereocenters. The van der Waals surface area contributed by atoms with Gasteiger partial charge in [0.15, 0.2) is 17.5 Å². The van der Waals surface area contributed by atoms with Crippen molar-refractivity contribution in [2.75, 3.05) is 0 Å². The summed E-state index contributed by atoms with van der Waals surface area (Å²) < 4.78 is 2.35. The molecule has 4 nitrogen and oxygen atoms in total. The van der Waals surface area contributed by atoms with E-state index in [1.54, 1.807) is 0 Å². The van der Waals surface area contributed by atoms with Crippen LogP contribution >= 0.6 is 0 Å². The minimum absolute atomic E-state index is 0.528. The number of fused-ring (bicyclic) bond motifs is 6. The van der Waals surface area contributed by atoms with Gasteiger partial charge in [-0.2, -0.15) is 0 Å². The van der Waals surface area contributed by atoms with Crippen LogP contribution in [0.5, 0.6) is 0 Å². The molecule has 12 rings (SSSR count). The van der Waals surface area contributed by atoms with Gasteiger partial charge in [-0.25, -0.2) is 15.0 Å². The van der Waals surface area contributed by atoms with Gasteiger partial charge in [0.2, 0.25) is 0 Å². The molecule has 0 aliphatic heterocycles. The van der Waals surface area contributed by atoms with Crippen LogP contribution in [0.4, 0.5) is 0 Å². The molecule has 62 heavy (non-hydrogen) atoms. The maximum Gasteiger partial charge on any atom is 0.164 e. The molecule has 290 valence electrons. The molecule has 4 heteroatoms. The minimum atomic E-state index is -0.528. The fourth-order valence-electron chi connectivity index (χ4n) is 9.75. The molecule has 0 fully saturated rings. The summed E-state index contributed by atoms with van der Waals surface area (Å²) in [4.78, 5) is 15.5. The van der Waals surface area contributed by atoms with Crippen LogP contribution in [0.3, 0.4) is 0 Å². The molecule has 1 aliphatic carbocycles. The lowest BCUT2D eigenvalue weighted by atomic mass is 9.67. The summed E-state index contributed by atoms with van der Waals surface area (Å²) >= 11 is 0. The first-order valence-corrected chi connectivity index (χ1v) is 21.1. The summed E-state index contributed by atoms with van der Waals surface area (Å²) in [5.74, 6) is 1.90. The maximum atomic E-state index is 5.23. The molecule has 9 aromatic carbocycles. The van der Waals surface area contributed by atoms with E-state index in [9.17, 15) is 0 Å². The Morgan fingerprint density at radius 2 is 0.726 bits per heavy atom. The highest BCUT2D eigenvalue weighted by Gasteiger charge is 2.46. The Morgan fingerprint density at radius 1 is 0.306 bits per heavy atom. The van der Waals surface area contributed by atoms with Gasteiger partial charge >= 0.3 is 0 Å². The van der Waals surface area contributed by atoms with E-state index in [1.165, 1.54) is 55.2 Å². The first-order chi connectivity index (χ1) is 30.7. The summed E-state index contributed by atoms with van der Waals surface area (Å²) in [6.45, 7) is 0. The van der Waals surface area contributed by atoms with Gasteiger partial charge in [-0.15, -0.1) is 0 Å². The maximum absolute atomic E-state index is 5.23. The highest BCUT2D eigenvalue weighted by atomic mass is 15.0. The monoisotopic (exact) mass is 790 g/mol. The van der Waals surface area contributed by atoms with Gasteiger partial charge in [-0.1, -0.05) is 200 Å². The van der Waals surface area contributed by atoms with E-state index in [0.29, 0.717) is 17.5 Å². The molecule has 0 amide bonds. The second-order valence-electron chi connectivity index (χ2n) is 16.0. The van der Waals surface area contributed by atoms with Crippen molar-refractivity contribution in [1.82, 2.24) is 19.5 Å². The van der Waals surface area contributed by atoms with Crippen LogP contribution in [0.1, 0.15) is 22.3 Å². The molecular formula is C58H38N4. The van der Waals surface area contributed by atoms with Crippen molar-refractivity contribution >= 4 is 21.8 Å². The number of rotatable bonds is 7. The fraction of sp³-hybridized carbons (Fsp3) is 0.0172. The lowest BCUT2D eigenvalue weighted by Crippen LogP contribution is -2.28. The molecule has 1 aliphatic rings. The van der Waals surface area contributed by atoms with Crippen molar-refractivity contribution in [1.29, 1.82) is 0 Å². The predicted molar refractivity (Wildman–Crippen MR) is 253 cm³/mol.